The first-order chi connectivity index (χ1) is 10.6. The smallest absolute Gasteiger partial charge is 0.275 e. The normalized spacial score (nSPS) is 11.0. The number of carbonyl (C=O) groups is 1. The molecule has 1 amide bonds. The number of amides is 1. The molecule has 7 heteroatoms. The van der Waals surface area contributed by atoms with E-state index in [0.29, 0.717) is 10.8 Å². The lowest BCUT2D eigenvalue weighted by Crippen LogP contribution is -2.16. The molecule has 0 aliphatic heterocycles. The van der Waals surface area contributed by atoms with Crippen LogP contribution in [0.4, 0.5) is 5.13 Å². The number of fused-ring (bicyclic) bond motifs is 1. The van der Waals surface area contributed by atoms with Gasteiger partial charge in [-0.1, -0.05) is 36.5 Å². The van der Waals surface area contributed by atoms with Crippen LogP contribution < -0.4 is 5.32 Å². The summed E-state index contributed by atoms with van der Waals surface area (Å²) in [6.45, 7) is 2.09. The molecule has 3 rings (SSSR count). The Labute approximate surface area is 140 Å². The van der Waals surface area contributed by atoms with Gasteiger partial charge in [0.05, 0.1) is 4.47 Å². The van der Waals surface area contributed by atoms with Crippen molar-refractivity contribution in [3.8, 4) is 0 Å². The topological polar surface area (TPSA) is 59.8 Å². The lowest BCUT2D eigenvalue weighted by molar-refractivity contribution is 0.101. The van der Waals surface area contributed by atoms with E-state index in [1.807, 2.05) is 35.9 Å². The van der Waals surface area contributed by atoms with Gasteiger partial charge in [-0.15, -0.1) is 10.2 Å². The van der Waals surface area contributed by atoms with E-state index in [4.69, 9.17) is 0 Å². The Kier molecular flexibility index (Phi) is 4.26. The largest absolute Gasteiger partial charge is 0.339 e. The van der Waals surface area contributed by atoms with Crippen LogP contribution >= 0.6 is 27.3 Å². The molecule has 0 aliphatic rings. The van der Waals surface area contributed by atoms with Gasteiger partial charge in [-0.2, -0.15) is 0 Å². The first-order valence-electron chi connectivity index (χ1n) is 6.98. The van der Waals surface area contributed by atoms with Crippen LogP contribution in [0.2, 0.25) is 0 Å². The number of halogens is 1. The van der Waals surface area contributed by atoms with E-state index in [0.717, 1.165) is 33.2 Å². The van der Waals surface area contributed by atoms with E-state index in [2.05, 4.69) is 38.4 Å². The molecule has 0 radical (unpaired) electrons. The van der Waals surface area contributed by atoms with Crippen LogP contribution in [-0.2, 0) is 13.5 Å². The van der Waals surface area contributed by atoms with Gasteiger partial charge in [0.1, 0.15) is 10.7 Å². The molecule has 0 unspecified atom stereocenters. The molecular weight excluding hydrogens is 364 g/mol. The van der Waals surface area contributed by atoms with Crippen LogP contribution in [-0.4, -0.2) is 20.7 Å². The third-order valence-electron chi connectivity index (χ3n) is 3.41. The van der Waals surface area contributed by atoms with Gasteiger partial charge in [-0.3, -0.25) is 10.1 Å². The number of para-hydroxylation sites is 1. The number of aromatic nitrogens is 3. The third-order valence-corrected chi connectivity index (χ3v) is 5.11. The number of benzene rings is 1. The molecular formula is C15H15BrN4OS. The molecule has 3 aromatic rings. The molecule has 0 saturated carbocycles. The van der Waals surface area contributed by atoms with Gasteiger partial charge >= 0.3 is 0 Å². The molecule has 0 aliphatic carbocycles. The molecule has 22 heavy (non-hydrogen) atoms. The number of nitrogens with one attached hydrogen (secondary N) is 1. The van der Waals surface area contributed by atoms with Crippen molar-refractivity contribution in [2.45, 2.75) is 19.8 Å². The van der Waals surface area contributed by atoms with Crippen LogP contribution in [0.25, 0.3) is 10.9 Å². The van der Waals surface area contributed by atoms with E-state index in [1.54, 1.807) is 0 Å². The summed E-state index contributed by atoms with van der Waals surface area (Å²) in [6, 6.07) is 7.89. The fourth-order valence-electron chi connectivity index (χ4n) is 2.37. The Hall–Kier alpha value is -1.73. The Bertz CT molecular complexity index is 800. The average molecular weight is 379 g/mol. The van der Waals surface area contributed by atoms with Crippen molar-refractivity contribution in [2.75, 3.05) is 5.32 Å². The summed E-state index contributed by atoms with van der Waals surface area (Å²) in [5, 5.41) is 13.4. The summed E-state index contributed by atoms with van der Waals surface area (Å²) < 4.78 is 2.67. The molecule has 0 saturated heterocycles. The number of nitrogens with zero attached hydrogens (tertiary/aromatic N) is 3. The van der Waals surface area contributed by atoms with Crippen molar-refractivity contribution < 1.29 is 4.79 Å². The zero-order valence-corrected chi connectivity index (χ0v) is 14.7. The average Bonchev–Trinajstić information content (AvgIpc) is 3.04. The third kappa shape index (κ3) is 2.66. The van der Waals surface area contributed by atoms with Crippen LogP contribution in [0.15, 0.2) is 28.7 Å². The minimum atomic E-state index is -0.190. The predicted octanol–water partition coefficient (Wildman–Crippen LogP) is 4.00. The second-order valence-corrected chi connectivity index (χ2v) is 6.80. The zero-order chi connectivity index (χ0) is 15.7. The standard InChI is InChI=1S/C15H15BrN4OS/c1-3-6-11-18-19-15(22-11)17-14(21)13-12(16)9-7-4-5-8-10(9)20(13)2/h4-5,7-8H,3,6H2,1-2H3,(H,17,19,21). The molecule has 1 aromatic carbocycles. The van der Waals surface area contributed by atoms with Crippen LogP contribution in [0, 0.1) is 0 Å². The summed E-state index contributed by atoms with van der Waals surface area (Å²) in [7, 11) is 1.88. The fourth-order valence-corrected chi connectivity index (χ4v) is 3.99. The van der Waals surface area contributed by atoms with E-state index in [1.165, 1.54) is 11.3 Å². The summed E-state index contributed by atoms with van der Waals surface area (Å²) in [6.07, 6.45) is 1.89. The van der Waals surface area contributed by atoms with Gasteiger partial charge in [0.25, 0.3) is 5.91 Å². The highest BCUT2D eigenvalue weighted by Crippen LogP contribution is 2.31. The quantitative estimate of drug-likeness (QED) is 0.746. The molecule has 0 spiro atoms. The lowest BCUT2D eigenvalue weighted by Gasteiger charge is -2.04. The molecule has 114 valence electrons. The molecule has 1 N–H and O–H groups in total. The molecule has 0 atom stereocenters. The highest BCUT2D eigenvalue weighted by molar-refractivity contribution is 9.10. The zero-order valence-electron chi connectivity index (χ0n) is 12.3. The summed E-state index contributed by atoms with van der Waals surface area (Å²) in [5.41, 5.74) is 1.58. The first kappa shape index (κ1) is 15.2. The van der Waals surface area contributed by atoms with Gasteiger partial charge < -0.3 is 4.57 Å². The number of hydrogen-bond donors (Lipinski definition) is 1. The van der Waals surface area contributed by atoms with E-state index in [9.17, 15) is 4.79 Å². The number of rotatable bonds is 4. The molecule has 0 fully saturated rings. The second-order valence-electron chi connectivity index (χ2n) is 4.94. The van der Waals surface area contributed by atoms with Crippen LogP contribution in [0.5, 0.6) is 0 Å². The summed E-state index contributed by atoms with van der Waals surface area (Å²) >= 11 is 4.95. The fraction of sp³-hybridized carbons (Fsp3) is 0.267. The van der Waals surface area contributed by atoms with Crippen molar-refractivity contribution in [2.24, 2.45) is 7.05 Å². The minimum Gasteiger partial charge on any atom is -0.339 e. The van der Waals surface area contributed by atoms with Crippen molar-refractivity contribution in [3.63, 3.8) is 0 Å². The highest BCUT2D eigenvalue weighted by Gasteiger charge is 2.20. The first-order valence-corrected chi connectivity index (χ1v) is 8.59. The Balaban J connectivity index is 1.91. The molecule has 5 nitrogen and oxygen atoms in total. The van der Waals surface area contributed by atoms with E-state index in [-0.39, 0.29) is 5.91 Å². The van der Waals surface area contributed by atoms with E-state index < -0.39 is 0 Å². The van der Waals surface area contributed by atoms with Gasteiger partial charge in [0.15, 0.2) is 0 Å². The molecule has 2 heterocycles. The van der Waals surface area contributed by atoms with Crippen molar-refractivity contribution in [3.05, 3.63) is 39.4 Å². The Morgan fingerprint density at radius 3 is 2.86 bits per heavy atom. The van der Waals surface area contributed by atoms with Crippen molar-refractivity contribution in [1.82, 2.24) is 14.8 Å². The van der Waals surface area contributed by atoms with Crippen LogP contribution in [0.1, 0.15) is 28.8 Å². The summed E-state index contributed by atoms with van der Waals surface area (Å²) in [5.74, 6) is -0.190. The number of carbonyl (C=O) groups excluding carboxylic acids is 1. The van der Waals surface area contributed by atoms with E-state index >= 15 is 0 Å². The number of anilines is 1. The minimum absolute atomic E-state index is 0.190. The highest BCUT2D eigenvalue weighted by atomic mass is 79.9. The van der Waals surface area contributed by atoms with Gasteiger partial charge in [0.2, 0.25) is 5.13 Å². The van der Waals surface area contributed by atoms with Crippen LogP contribution in [0.3, 0.4) is 0 Å². The molecule has 2 aromatic heterocycles. The van der Waals surface area contributed by atoms with Crippen molar-refractivity contribution in [1.29, 1.82) is 0 Å². The van der Waals surface area contributed by atoms with Gasteiger partial charge in [0, 0.05) is 24.4 Å². The van der Waals surface area contributed by atoms with Crippen molar-refractivity contribution >= 4 is 49.2 Å². The maximum Gasteiger partial charge on any atom is 0.275 e. The SMILES string of the molecule is CCCc1nnc(NC(=O)c2c(Br)c3ccccc3n2C)s1. The maximum atomic E-state index is 12.6. The monoisotopic (exact) mass is 378 g/mol. The molecule has 0 bridgehead atoms. The Morgan fingerprint density at radius 2 is 2.14 bits per heavy atom. The number of aryl methyl sites for hydroxylation is 2. The number of hydrogen-bond acceptors (Lipinski definition) is 4. The maximum absolute atomic E-state index is 12.6. The van der Waals surface area contributed by atoms with Gasteiger partial charge in [-0.05, 0) is 28.4 Å². The Morgan fingerprint density at radius 1 is 1.36 bits per heavy atom. The summed E-state index contributed by atoms with van der Waals surface area (Å²) in [4.78, 5) is 12.6. The lowest BCUT2D eigenvalue weighted by atomic mass is 10.2. The predicted molar refractivity (Wildman–Crippen MR) is 92.5 cm³/mol. The second kappa shape index (κ2) is 6.18. The van der Waals surface area contributed by atoms with Gasteiger partial charge in [-0.25, -0.2) is 0 Å².